The highest BCUT2D eigenvalue weighted by Crippen LogP contribution is 2.29. The average Bonchev–Trinajstić information content (AvgIpc) is 2.85. The second-order valence-electron chi connectivity index (χ2n) is 10.0. The number of benzene rings is 2. The number of hydrogen-bond donors (Lipinski definition) is 1. The van der Waals surface area contributed by atoms with Crippen molar-refractivity contribution in [1.82, 2.24) is 10.2 Å². The van der Waals surface area contributed by atoms with Crippen LogP contribution in [0.4, 0.5) is 5.69 Å². The summed E-state index contributed by atoms with van der Waals surface area (Å²) < 4.78 is 26.9. The van der Waals surface area contributed by atoms with Crippen LogP contribution < -0.4 is 9.62 Å². The Labute approximate surface area is 236 Å². The summed E-state index contributed by atoms with van der Waals surface area (Å²) in [5.74, 6) is -0.772. The molecule has 1 saturated carbocycles. The molecule has 1 aliphatic carbocycles. The molecule has 1 aliphatic rings. The Balaban J connectivity index is 1.99. The van der Waals surface area contributed by atoms with Gasteiger partial charge in [0.15, 0.2) is 0 Å². The van der Waals surface area contributed by atoms with Crippen molar-refractivity contribution < 1.29 is 18.0 Å². The van der Waals surface area contributed by atoms with Crippen LogP contribution >= 0.6 is 23.2 Å². The molecule has 2 aromatic carbocycles. The third kappa shape index (κ3) is 7.64. The predicted molar refractivity (Wildman–Crippen MR) is 154 cm³/mol. The number of anilines is 1. The molecule has 0 bridgehead atoms. The van der Waals surface area contributed by atoms with Gasteiger partial charge in [-0.2, -0.15) is 0 Å². The smallest absolute Gasteiger partial charge is 0.244 e. The SMILES string of the molecule is CC[C@H](C(=O)NC1CCCCC1)N(Cc1c(Cl)cccc1Cl)C(=O)CN(c1cc(C)ccc1C)S(C)(=O)=O. The van der Waals surface area contributed by atoms with E-state index in [1.54, 1.807) is 31.2 Å². The van der Waals surface area contributed by atoms with E-state index in [9.17, 15) is 18.0 Å². The molecule has 0 heterocycles. The fourth-order valence-corrected chi connectivity index (χ4v) is 6.32. The van der Waals surface area contributed by atoms with Crippen LogP contribution in [0.3, 0.4) is 0 Å². The molecule has 7 nitrogen and oxygen atoms in total. The van der Waals surface area contributed by atoms with Gasteiger partial charge in [0.05, 0.1) is 11.9 Å². The van der Waals surface area contributed by atoms with Gasteiger partial charge >= 0.3 is 0 Å². The van der Waals surface area contributed by atoms with Gasteiger partial charge in [-0.25, -0.2) is 8.42 Å². The lowest BCUT2D eigenvalue weighted by molar-refractivity contribution is -0.140. The minimum Gasteiger partial charge on any atom is -0.352 e. The minimum atomic E-state index is -3.82. The second-order valence-corrected chi connectivity index (χ2v) is 12.8. The summed E-state index contributed by atoms with van der Waals surface area (Å²) in [5.41, 5.74) is 2.52. The first-order chi connectivity index (χ1) is 17.9. The summed E-state index contributed by atoms with van der Waals surface area (Å²) in [6.07, 6.45) is 6.48. The Bertz CT molecular complexity index is 1240. The molecule has 0 spiro atoms. The topological polar surface area (TPSA) is 86.8 Å². The van der Waals surface area contributed by atoms with E-state index in [4.69, 9.17) is 23.2 Å². The van der Waals surface area contributed by atoms with Crippen molar-refractivity contribution in [1.29, 1.82) is 0 Å². The molecule has 208 valence electrons. The number of nitrogens with one attached hydrogen (secondary N) is 1. The average molecular weight is 583 g/mol. The zero-order valence-electron chi connectivity index (χ0n) is 22.5. The van der Waals surface area contributed by atoms with Crippen LogP contribution in [0, 0.1) is 13.8 Å². The van der Waals surface area contributed by atoms with Crippen LogP contribution in [0.15, 0.2) is 36.4 Å². The van der Waals surface area contributed by atoms with Crippen molar-refractivity contribution in [3.63, 3.8) is 0 Å². The first-order valence-corrected chi connectivity index (χ1v) is 15.6. The number of hydrogen-bond acceptors (Lipinski definition) is 4. The molecular formula is C28H37Cl2N3O4S. The molecule has 38 heavy (non-hydrogen) atoms. The Kier molecular flexibility index (Phi) is 10.5. The zero-order valence-corrected chi connectivity index (χ0v) is 24.8. The van der Waals surface area contributed by atoms with E-state index < -0.39 is 28.5 Å². The maximum atomic E-state index is 13.9. The van der Waals surface area contributed by atoms with Crippen LogP contribution in [-0.4, -0.2) is 50.0 Å². The highest BCUT2D eigenvalue weighted by atomic mass is 35.5. The van der Waals surface area contributed by atoms with E-state index in [1.807, 2.05) is 26.0 Å². The van der Waals surface area contributed by atoms with E-state index in [0.29, 0.717) is 27.7 Å². The lowest BCUT2D eigenvalue weighted by Gasteiger charge is -2.34. The van der Waals surface area contributed by atoms with Crippen LogP contribution in [0.1, 0.15) is 62.1 Å². The number of amides is 2. The van der Waals surface area contributed by atoms with E-state index in [-0.39, 0.29) is 18.5 Å². The van der Waals surface area contributed by atoms with Gasteiger partial charge in [0.1, 0.15) is 12.6 Å². The Morgan fingerprint density at radius 3 is 2.26 bits per heavy atom. The van der Waals surface area contributed by atoms with Crippen LogP contribution in [0.2, 0.25) is 10.0 Å². The summed E-state index contributed by atoms with van der Waals surface area (Å²) >= 11 is 12.9. The first kappa shape index (κ1) is 30.3. The van der Waals surface area contributed by atoms with Gasteiger partial charge in [-0.3, -0.25) is 13.9 Å². The number of aryl methyl sites for hydroxylation is 2. The van der Waals surface area contributed by atoms with Gasteiger partial charge in [0, 0.05) is 28.2 Å². The lowest BCUT2D eigenvalue weighted by Crippen LogP contribution is -2.54. The normalized spacial score (nSPS) is 15.1. The van der Waals surface area contributed by atoms with Crippen molar-refractivity contribution in [2.75, 3.05) is 17.1 Å². The number of halogens is 2. The Morgan fingerprint density at radius 2 is 1.68 bits per heavy atom. The highest BCUT2D eigenvalue weighted by Gasteiger charge is 2.33. The number of carbonyl (C=O) groups is 2. The molecule has 0 saturated heterocycles. The molecule has 2 amide bonds. The molecule has 1 fully saturated rings. The van der Waals surface area contributed by atoms with Crippen molar-refractivity contribution in [3.8, 4) is 0 Å². The zero-order chi connectivity index (χ0) is 28.0. The maximum Gasteiger partial charge on any atom is 0.244 e. The van der Waals surface area contributed by atoms with Crippen LogP contribution in [0.5, 0.6) is 0 Å². The van der Waals surface area contributed by atoms with Gasteiger partial charge in [-0.15, -0.1) is 0 Å². The molecule has 1 N–H and O–H groups in total. The third-order valence-electron chi connectivity index (χ3n) is 7.04. The quantitative estimate of drug-likeness (QED) is 0.393. The standard InChI is InChI=1S/C28H37Cl2N3O4S/c1-5-25(28(35)31-21-10-7-6-8-11-21)32(17-22-23(29)12-9-13-24(22)30)27(34)18-33(38(4,36)37)26-16-19(2)14-15-20(26)3/h9,12-16,21,25H,5-8,10-11,17-18H2,1-4H3,(H,31,35)/t25-/m1/s1. The van der Waals surface area contributed by atoms with Crippen molar-refractivity contribution in [3.05, 3.63) is 63.1 Å². The summed E-state index contributed by atoms with van der Waals surface area (Å²) in [6.45, 7) is 5.00. The Hall–Kier alpha value is -2.29. The molecule has 10 heteroatoms. The van der Waals surface area contributed by atoms with Gasteiger partial charge in [0.25, 0.3) is 0 Å². The third-order valence-corrected chi connectivity index (χ3v) is 8.87. The van der Waals surface area contributed by atoms with Crippen LogP contribution in [0.25, 0.3) is 0 Å². The molecule has 2 aromatic rings. The van der Waals surface area contributed by atoms with E-state index >= 15 is 0 Å². The molecule has 0 unspecified atom stereocenters. The lowest BCUT2D eigenvalue weighted by atomic mass is 9.95. The van der Waals surface area contributed by atoms with Gasteiger partial charge in [-0.1, -0.05) is 67.6 Å². The molecule has 1 atom stereocenters. The summed E-state index contributed by atoms with van der Waals surface area (Å²) in [6, 6.07) is 9.74. The van der Waals surface area contributed by atoms with E-state index in [2.05, 4.69) is 5.32 Å². The summed E-state index contributed by atoms with van der Waals surface area (Å²) in [4.78, 5) is 28.9. The minimum absolute atomic E-state index is 0.0294. The monoisotopic (exact) mass is 581 g/mol. The molecule has 3 rings (SSSR count). The van der Waals surface area contributed by atoms with Crippen LogP contribution in [-0.2, 0) is 26.2 Å². The number of nitrogens with zero attached hydrogens (tertiary/aromatic N) is 2. The van der Waals surface area contributed by atoms with Crippen molar-refractivity contribution >= 4 is 50.7 Å². The molecule has 0 radical (unpaired) electrons. The molecule has 0 aliphatic heterocycles. The number of rotatable bonds is 10. The largest absolute Gasteiger partial charge is 0.352 e. The van der Waals surface area contributed by atoms with Gasteiger partial charge in [0.2, 0.25) is 21.8 Å². The first-order valence-electron chi connectivity index (χ1n) is 13.0. The molecule has 0 aromatic heterocycles. The maximum absolute atomic E-state index is 13.9. The molecular weight excluding hydrogens is 545 g/mol. The number of sulfonamides is 1. The van der Waals surface area contributed by atoms with Gasteiger partial charge in [-0.05, 0) is 62.4 Å². The highest BCUT2D eigenvalue weighted by molar-refractivity contribution is 7.92. The van der Waals surface area contributed by atoms with Crippen molar-refractivity contribution in [2.45, 2.75) is 77.9 Å². The second kappa shape index (κ2) is 13.2. The summed E-state index contributed by atoms with van der Waals surface area (Å²) in [5, 5.41) is 3.86. The van der Waals surface area contributed by atoms with E-state index in [1.165, 1.54) is 4.90 Å². The van der Waals surface area contributed by atoms with E-state index in [0.717, 1.165) is 53.8 Å². The summed E-state index contributed by atoms with van der Waals surface area (Å²) in [7, 11) is -3.82. The fraction of sp³-hybridized carbons (Fsp3) is 0.500. The van der Waals surface area contributed by atoms with Gasteiger partial charge < -0.3 is 10.2 Å². The fourth-order valence-electron chi connectivity index (χ4n) is 4.90. The van der Waals surface area contributed by atoms with Crippen molar-refractivity contribution in [2.24, 2.45) is 0 Å². The number of carbonyl (C=O) groups excluding carboxylic acids is 2. The Morgan fingerprint density at radius 1 is 1.05 bits per heavy atom. The predicted octanol–water partition coefficient (Wildman–Crippen LogP) is 5.63.